The van der Waals surface area contributed by atoms with Crippen molar-refractivity contribution in [3.8, 4) is 0 Å². The molecule has 0 saturated carbocycles. The topological polar surface area (TPSA) is 96.2 Å². The van der Waals surface area contributed by atoms with Gasteiger partial charge in [-0.1, -0.05) is 6.92 Å². The molecule has 0 atom stereocenters. The monoisotopic (exact) mass is 306 g/mol. The van der Waals surface area contributed by atoms with E-state index < -0.39 is 0 Å². The van der Waals surface area contributed by atoms with Crippen LogP contribution in [0.15, 0.2) is 6.07 Å². The maximum Gasteiger partial charge on any atom is 0.240 e. The zero-order valence-corrected chi connectivity index (χ0v) is 12.7. The van der Waals surface area contributed by atoms with Crippen LogP contribution in [0.25, 0.3) is 10.2 Å². The van der Waals surface area contributed by atoms with Crippen molar-refractivity contribution in [3.05, 3.63) is 10.9 Å². The highest BCUT2D eigenvalue weighted by molar-refractivity contribution is 7.18. The molecular formula is C13H18N6OS. The van der Waals surface area contributed by atoms with Crippen molar-refractivity contribution >= 4 is 39.2 Å². The van der Waals surface area contributed by atoms with Gasteiger partial charge in [0.1, 0.15) is 10.6 Å². The number of amides is 1. The summed E-state index contributed by atoms with van der Waals surface area (Å²) in [6, 6.07) is 2.13. The van der Waals surface area contributed by atoms with E-state index in [1.165, 1.54) is 4.88 Å². The van der Waals surface area contributed by atoms with Crippen molar-refractivity contribution in [1.82, 2.24) is 15.3 Å². The molecule has 7 nitrogen and oxygen atoms in total. The zero-order chi connectivity index (χ0) is 14.8. The van der Waals surface area contributed by atoms with E-state index in [4.69, 9.17) is 5.84 Å². The normalized spacial score (nSPS) is 15.9. The van der Waals surface area contributed by atoms with Crippen molar-refractivity contribution in [2.45, 2.75) is 19.8 Å². The van der Waals surface area contributed by atoms with Gasteiger partial charge < -0.3 is 10.2 Å². The number of carbonyl (C=O) groups excluding carboxylic acids is 1. The first kappa shape index (κ1) is 14.0. The van der Waals surface area contributed by atoms with Crippen molar-refractivity contribution < 1.29 is 4.79 Å². The Morgan fingerprint density at radius 2 is 2.33 bits per heavy atom. The summed E-state index contributed by atoms with van der Waals surface area (Å²) in [6.45, 7) is 4.13. The van der Waals surface area contributed by atoms with Gasteiger partial charge in [-0.15, -0.1) is 11.3 Å². The number of aryl methyl sites for hydroxylation is 1. The van der Waals surface area contributed by atoms with Crippen LogP contribution < -0.4 is 21.5 Å². The fraction of sp³-hybridized carbons (Fsp3) is 0.462. The molecule has 1 aliphatic rings. The number of aromatic nitrogens is 2. The summed E-state index contributed by atoms with van der Waals surface area (Å²) in [5, 5.41) is 3.91. The highest BCUT2D eigenvalue weighted by Gasteiger charge is 2.19. The van der Waals surface area contributed by atoms with Crippen LogP contribution in [0.2, 0.25) is 0 Å². The van der Waals surface area contributed by atoms with Gasteiger partial charge in [0.15, 0.2) is 0 Å². The number of nitrogen functional groups attached to an aromatic ring is 1. The second-order valence-electron chi connectivity index (χ2n) is 4.89. The van der Waals surface area contributed by atoms with Crippen LogP contribution >= 0.6 is 11.3 Å². The van der Waals surface area contributed by atoms with Crippen molar-refractivity contribution in [2.75, 3.05) is 30.0 Å². The molecule has 0 spiro atoms. The summed E-state index contributed by atoms with van der Waals surface area (Å²) in [7, 11) is 0. The van der Waals surface area contributed by atoms with Crippen LogP contribution in [0, 0.1) is 0 Å². The van der Waals surface area contributed by atoms with Crippen molar-refractivity contribution in [1.29, 1.82) is 0 Å². The van der Waals surface area contributed by atoms with Crippen LogP contribution in [0.4, 0.5) is 11.8 Å². The molecule has 2 aromatic rings. The van der Waals surface area contributed by atoms with Crippen molar-refractivity contribution in [2.24, 2.45) is 5.84 Å². The van der Waals surface area contributed by atoms with Crippen LogP contribution in [-0.2, 0) is 11.2 Å². The second kappa shape index (κ2) is 5.82. The predicted octanol–water partition coefficient (Wildman–Crippen LogP) is 0.866. The van der Waals surface area contributed by atoms with E-state index in [0.29, 0.717) is 25.5 Å². The van der Waals surface area contributed by atoms with E-state index >= 15 is 0 Å². The van der Waals surface area contributed by atoms with E-state index in [2.05, 4.69) is 38.6 Å². The molecule has 21 heavy (non-hydrogen) atoms. The molecule has 4 N–H and O–H groups in total. The predicted molar refractivity (Wildman–Crippen MR) is 84.4 cm³/mol. The van der Waals surface area contributed by atoms with Gasteiger partial charge in [0.2, 0.25) is 11.9 Å². The van der Waals surface area contributed by atoms with E-state index in [0.717, 1.165) is 29.0 Å². The maximum atomic E-state index is 11.5. The number of carbonyl (C=O) groups is 1. The molecule has 0 aliphatic carbocycles. The second-order valence-corrected chi connectivity index (χ2v) is 6.00. The molecule has 0 unspecified atom stereocenters. The van der Waals surface area contributed by atoms with E-state index in [1.54, 1.807) is 11.3 Å². The molecule has 3 heterocycles. The summed E-state index contributed by atoms with van der Waals surface area (Å²) in [5.41, 5.74) is 2.53. The number of hydrazine groups is 1. The van der Waals surface area contributed by atoms with Crippen molar-refractivity contribution in [3.63, 3.8) is 0 Å². The fourth-order valence-electron chi connectivity index (χ4n) is 2.41. The number of hydrogen-bond donors (Lipinski definition) is 3. The standard InChI is InChI=1S/C13H18N6OS/c1-2-8-7-9-11(16-13(18-14)17-12(9)21-8)19-5-3-10(20)15-4-6-19/h7H,2-6,14H2,1H3,(H,15,20)(H,16,17,18). The third-order valence-electron chi connectivity index (χ3n) is 3.51. The van der Waals surface area contributed by atoms with Gasteiger partial charge in [-0.25, -0.2) is 10.8 Å². The van der Waals surface area contributed by atoms with E-state index in [-0.39, 0.29) is 5.91 Å². The lowest BCUT2D eigenvalue weighted by Crippen LogP contribution is -2.29. The summed E-state index contributed by atoms with van der Waals surface area (Å²) in [5.74, 6) is 6.81. The number of anilines is 2. The van der Waals surface area contributed by atoms with Gasteiger partial charge in [0.05, 0.1) is 5.39 Å². The van der Waals surface area contributed by atoms with Crippen LogP contribution in [0.3, 0.4) is 0 Å². The average molecular weight is 306 g/mol. The Hall–Kier alpha value is -1.93. The van der Waals surface area contributed by atoms with Crippen LogP contribution in [-0.4, -0.2) is 35.5 Å². The molecule has 1 aliphatic heterocycles. The Kier molecular flexibility index (Phi) is 3.89. The summed E-state index contributed by atoms with van der Waals surface area (Å²) < 4.78 is 0. The minimum Gasteiger partial charge on any atom is -0.354 e. The molecule has 3 rings (SSSR count). The largest absolute Gasteiger partial charge is 0.354 e. The van der Waals surface area contributed by atoms with Crippen LogP contribution in [0.1, 0.15) is 18.2 Å². The number of nitrogens with one attached hydrogen (secondary N) is 2. The highest BCUT2D eigenvalue weighted by atomic mass is 32.1. The van der Waals surface area contributed by atoms with Gasteiger partial charge in [0, 0.05) is 30.9 Å². The van der Waals surface area contributed by atoms with Gasteiger partial charge in [0.25, 0.3) is 0 Å². The third kappa shape index (κ3) is 2.77. The Bertz CT molecular complexity index is 670. The molecule has 1 saturated heterocycles. The number of nitrogens with two attached hydrogens (primary N) is 1. The summed E-state index contributed by atoms with van der Waals surface area (Å²) in [4.78, 5) is 24.7. The third-order valence-corrected chi connectivity index (χ3v) is 4.69. The molecule has 0 radical (unpaired) electrons. The minimum atomic E-state index is 0.0829. The van der Waals surface area contributed by atoms with Gasteiger partial charge in [-0.2, -0.15) is 4.98 Å². The number of hydrogen-bond acceptors (Lipinski definition) is 7. The molecule has 112 valence electrons. The van der Waals surface area contributed by atoms with Gasteiger partial charge in [-0.3, -0.25) is 10.2 Å². The van der Waals surface area contributed by atoms with E-state index in [9.17, 15) is 4.79 Å². The SMILES string of the molecule is CCc1cc2c(N3CCNC(=O)CC3)nc(NN)nc2s1. The smallest absolute Gasteiger partial charge is 0.240 e. The lowest BCUT2D eigenvalue weighted by molar-refractivity contribution is -0.120. The summed E-state index contributed by atoms with van der Waals surface area (Å²) >= 11 is 1.65. The molecular weight excluding hydrogens is 288 g/mol. The Morgan fingerprint density at radius 3 is 3.10 bits per heavy atom. The Morgan fingerprint density at radius 1 is 1.48 bits per heavy atom. The molecule has 1 amide bonds. The van der Waals surface area contributed by atoms with Gasteiger partial charge >= 0.3 is 0 Å². The number of thiophene rings is 1. The Labute approximate surface area is 126 Å². The highest BCUT2D eigenvalue weighted by Crippen LogP contribution is 2.32. The first-order valence-electron chi connectivity index (χ1n) is 7.00. The number of rotatable bonds is 3. The average Bonchev–Trinajstić information content (AvgIpc) is 2.80. The fourth-order valence-corrected chi connectivity index (χ4v) is 3.38. The molecule has 1 fully saturated rings. The summed E-state index contributed by atoms with van der Waals surface area (Å²) in [6.07, 6.45) is 1.44. The van der Waals surface area contributed by atoms with Gasteiger partial charge in [-0.05, 0) is 12.5 Å². The maximum absolute atomic E-state index is 11.5. The zero-order valence-electron chi connectivity index (χ0n) is 11.8. The molecule has 0 bridgehead atoms. The number of fused-ring (bicyclic) bond motifs is 1. The lowest BCUT2D eigenvalue weighted by Gasteiger charge is -2.21. The molecule has 2 aromatic heterocycles. The first-order valence-corrected chi connectivity index (χ1v) is 7.81. The van der Waals surface area contributed by atoms with E-state index in [1.807, 2.05) is 0 Å². The first-order chi connectivity index (χ1) is 10.2. The lowest BCUT2D eigenvalue weighted by atomic mass is 10.3. The molecule has 8 heteroatoms. The number of nitrogens with zero attached hydrogens (tertiary/aromatic N) is 3. The quantitative estimate of drug-likeness (QED) is 0.575. The molecule has 0 aromatic carbocycles. The minimum absolute atomic E-state index is 0.0829. The van der Waals surface area contributed by atoms with Crippen LogP contribution in [0.5, 0.6) is 0 Å². The Balaban J connectivity index is 2.06.